The highest BCUT2D eigenvalue weighted by Gasteiger charge is 2.22. The third kappa shape index (κ3) is 20.0. The summed E-state index contributed by atoms with van der Waals surface area (Å²) in [5, 5.41) is 15.8. The number of benzene rings is 3. The van der Waals surface area contributed by atoms with Crippen LogP contribution in [0.25, 0.3) is 33.4 Å². The largest absolute Gasteiger partial charge is 0.478 e. The fourth-order valence-corrected chi connectivity index (χ4v) is 9.10. The molecule has 2 aliphatic rings. The lowest BCUT2D eigenvalue weighted by Gasteiger charge is -2.17. The fraction of sp³-hybridized carbons (Fsp3) is 0.643. The molecule has 0 saturated carbocycles. The van der Waals surface area contributed by atoms with Gasteiger partial charge in [0.2, 0.25) is 5.36 Å². The number of carbonyl (C=O) groups is 1. The molecule has 2 aromatic carbocycles. The number of nitrogens with one attached hydrogen (secondary N) is 2. The van der Waals surface area contributed by atoms with Crippen molar-refractivity contribution in [3.05, 3.63) is 71.6 Å². The van der Waals surface area contributed by atoms with E-state index in [1.54, 1.807) is 12.1 Å². The van der Waals surface area contributed by atoms with Crippen LogP contribution in [-0.2, 0) is 0 Å². The highest BCUT2D eigenvalue weighted by molar-refractivity contribution is 6.07. The van der Waals surface area contributed by atoms with Crippen molar-refractivity contribution in [1.29, 1.82) is 0 Å². The number of unbranched alkanes of at least 4 members (excludes halogenated alkanes) is 30. The first kappa shape index (κ1) is 50.0. The molecule has 0 atom stereocenters. The molecule has 0 aromatic heterocycles. The lowest BCUT2D eigenvalue weighted by Crippen LogP contribution is -2.76. The predicted octanol–water partition coefficient (Wildman–Crippen LogP) is 15.8. The maximum Gasteiger partial charge on any atom is 0.336 e. The first-order chi connectivity index (χ1) is 30.1. The van der Waals surface area contributed by atoms with Crippen LogP contribution in [0.1, 0.15) is 230 Å². The molecule has 0 radical (unpaired) electrons. The van der Waals surface area contributed by atoms with Crippen molar-refractivity contribution in [2.45, 2.75) is 219 Å². The van der Waals surface area contributed by atoms with Gasteiger partial charge in [-0.05, 0) is 42.7 Å². The standard InChI is InChI=1S/C56H86N2O3/c1-3-5-7-9-11-13-15-17-19-21-23-25-27-29-31-35-43-57-47-39-41-51-53(45-47)61-54-46-48(40-42-52(54)55(51)49-37-33-34-38-50(49)56(59)60)58-44-36-32-30-28-26-24-22-20-18-16-14-12-10-8-6-4-2/h33-34,37-42,45-46,57H,3-32,35-36,43-44H2,1-2H3,(H,59,60)/p+1. The summed E-state index contributed by atoms with van der Waals surface area (Å²) >= 11 is 0. The molecule has 1 aliphatic carbocycles. The van der Waals surface area contributed by atoms with Gasteiger partial charge in [-0.25, -0.2) is 9.79 Å². The number of anilines is 1. The second-order valence-electron chi connectivity index (χ2n) is 18.2. The normalized spacial score (nSPS) is 11.9. The summed E-state index contributed by atoms with van der Waals surface area (Å²) in [4.78, 5) is 16.0. The first-order valence-electron chi connectivity index (χ1n) is 25.8. The summed E-state index contributed by atoms with van der Waals surface area (Å²) in [6.45, 7) is 6.44. The second-order valence-corrected chi connectivity index (χ2v) is 18.2. The smallest absolute Gasteiger partial charge is 0.336 e. The van der Waals surface area contributed by atoms with Crippen molar-refractivity contribution in [2.24, 2.45) is 0 Å². The number of rotatable bonds is 37. The highest BCUT2D eigenvalue weighted by Crippen LogP contribution is 2.41. The minimum absolute atomic E-state index is 0.299. The number of fused-ring (bicyclic) bond motifs is 2. The van der Waals surface area contributed by atoms with E-state index in [-0.39, 0.29) is 0 Å². The number of carboxylic acids is 1. The van der Waals surface area contributed by atoms with E-state index in [0.717, 1.165) is 64.8 Å². The van der Waals surface area contributed by atoms with Crippen LogP contribution in [0.4, 0.5) is 5.69 Å². The molecule has 338 valence electrons. The maximum absolute atomic E-state index is 12.4. The van der Waals surface area contributed by atoms with Crippen molar-refractivity contribution in [3.8, 4) is 22.5 Å². The molecule has 1 aliphatic heterocycles. The Kier molecular flexibility index (Phi) is 26.4. The van der Waals surface area contributed by atoms with Gasteiger partial charge in [0, 0.05) is 47.3 Å². The molecule has 61 heavy (non-hydrogen) atoms. The molecule has 0 fully saturated rings. The summed E-state index contributed by atoms with van der Waals surface area (Å²) in [6.07, 6.45) is 43.9. The zero-order chi connectivity index (χ0) is 43.0. The third-order valence-corrected chi connectivity index (χ3v) is 12.9. The minimum Gasteiger partial charge on any atom is -0.478 e. The fourth-order valence-electron chi connectivity index (χ4n) is 9.10. The lowest BCUT2D eigenvalue weighted by atomic mass is 9.90. The van der Waals surface area contributed by atoms with Crippen LogP contribution in [0.15, 0.2) is 65.1 Å². The summed E-state index contributed by atoms with van der Waals surface area (Å²) in [5.74, 6) is -0.165. The summed E-state index contributed by atoms with van der Waals surface area (Å²) in [6, 6.07) is 19.9. The Morgan fingerprint density at radius 3 is 1.51 bits per heavy atom. The molecule has 0 bridgehead atoms. The van der Waals surface area contributed by atoms with Gasteiger partial charge in [0.05, 0.1) is 11.6 Å². The van der Waals surface area contributed by atoms with Crippen LogP contribution in [0.2, 0.25) is 0 Å². The van der Waals surface area contributed by atoms with Crippen molar-refractivity contribution in [1.82, 2.24) is 0 Å². The second kappa shape index (κ2) is 32.1. The summed E-state index contributed by atoms with van der Waals surface area (Å²) in [5.41, 5.74) is 4.63. The zero-order valence-corrected chi connectivity index (χ0v) is 39.1. The summed E-state index contributed by atoms with van der Waals surface area (Å²) < 4.78 is 6.64. The molecule has 0 unspecified atom stereocenters. The number of aromatic carboxylic acids is 1. The van der Waals surface area contributed by atoms with Crippen LogP contribution in [0, 0.1) is 0 Å². The molecule has 0 saturated heterocycles. The molecule has 3 N–H and O–H groups in total. The van der Waals surface area contributed by atoms with Gasteiger partial charge in [0.1, 0.15) is 17.9 Å². The molecule has 0 amide bonds. The molecule has 5 heteroatoms. The van der Waals surface area contributed by atoms with Crippen LogP contribution in [0.5, 0.6) is 0 Å². The van der Waals surface area contributed by atoms with Gasteiger partial charge < -0.3 is 14.8 Å². The Hall–Kier alpha value is -3.60. The lowest BCUT2D eigenvalue weighted by molar-refractivity contribution is -0.501. The van der Waals surface area contributed by atoms with Gasteiger partial charge in [0.15, 0.2) is 0 Å². The zero-order valence-electron chi connectivity index (χ0n) is 39.1. The van der Waals surface area contributed by atoms with Gasteiger partial charge in [0.25, 0.3) is 0 Å². The molecule has 1 heterocycles. The molecular formula is C56H87N2O3+. The Bertz CT molecular complexity index is 1780. The Morgan fingerprint density at radius 1 is 0.525 bits per heavy atom. The quantitative estimate of drug-likeness (QED) is 0.0312. The van der Waals surface area contributed by atoms with Crippen molar-refractivity contribution in [2.75, 3.05) is 18.4 Å². The maximum atomic E-state index is 12.4. The van der Waals surface area contributed by atoms with E-state index < -0.39 is 5.97 Å². The van der Waals surface area contributed by atoms with Crippen LogP contribution in [-0.4, -0.2) is 24.2 Å². The predicted molar refractivity (Wildman–Crippen MR) is 262 cm³/mol. The van der Waals surface area contributed by atoms with E-state index in [9.17, 15) is 9.90 Å². The van der Waals surface area contributed by atoms with E-state index in [1.165, 1.54) is 193 Å². The molecule has 5 nitrogen and oxygen atoms in total. The minimum atomic E-state index is -0.924. The van der Waals surface area contributed by atoms with Crippen molar-refractivity contribution in [3.63, 3.8) is 0 Å². The summed E-state index contributed by atoms with van der Waals surface area (Å²) in [7, 11) is 0. The van der Waals surface area contributed by atoms with Crippen LogP contribution < -0.4 is 15.7 Å². The van der Waals surface area contributed by atoms with E-state index in [1.807, 2.05) is 12.1 Å². The van der Waals surface area contributed by atoms with Crippen LogP contribution >= 0.6 is 0 Å². The monoisotopic (exact) mass is 836 g/mol. The van der Waals surface area contributed by atoms with Gasteiger partial charge in [-0.3, -0.25) is 0 Å². The molecular weight excluding hydrogens is 749 g/mol. The van der Waals surface area contributed by atoms with Gasteiger partial charge in [-0.15, -0.1) is 0 Å². The topological polar surface area (TPSA) is 76.4 Å². The number of hydrogen-bond acceptors (Lipinski definition) is 3. The van der Waals surface area contributed by atoms with E-state index in [0.29, 0.717) is 11.1 Å². The number of hydrogen-bond donors (Lipinski definition) is 3. The highest BCUT2D eigenvalue weighted by atomic mass is 16.4. The Morgan fingerprint density at radius 2 is 1.00 bits per heavy atom. The van der Waals surface area contributed by atoms with E-state index in [4.69, 9.17) is 4.42 Å². The van der Waals surface area contributed by atoms with Gasteiger partial charge >= 0.3 is 5.97 Å². The Labute approximate surface area is 372 Å². The van der Waals surface area contributed by atoms with E-state index >= 15 is 0 Å². The van der Waals surface area contributed by atoms with Gasteiger partial charge in [-0.1, -0.05) is 218 Å². The molecule has 0 spiro atoms. The van der Waals surface area contributed by atoms with Crippen molar-refractivity contribution < 1.29 is 19.3 Å². The van der Waals surface area contributed by atoms with Gasteiger partial charge in [-0.2, -0.15) is 0 Å². The van der Waals surface area contributed by atoms with Crippen LogP contribution in [0.3, 0.4) is 0 Å². The Balaban J connectivity index is 1.22. The number of carboxylic acid groups (broad SMARTS) is 1. The molecule has 4 rings (SSSR count). The van der Waals surface area contributed by atoms with E-state index in [2.05, 4.69) is 60.6 Å². The average Bonchev–Trinajstić information content (AvgIpc) is 3.27. The third-order valence-electron chi connectivity index (χ3n) is 12.9. The average molecular weight is 836 g/mol. The van der Waals surface area contributed by atoms with Crippen molar-refractivity contribution >= 4 is 22.6 Å². The molecule has 2 aromatic rings. The first-order valence-corrected chi connectivity index (χ1v) is 25.8. The SMILES string of the molecule is CCCCCCCCCCCCCCCCCCNc1ccc2c(-c3ccccc3C(=O)O)c3ccc(=[NH+]CCCCCCCCCCCCCCCCCC)cc-3oc2c1.